The first-order chi connectivity index (χ1) is 13.3. The Labute approximate surface area is 160 Å². The van der Waals surface area contributed by atoms with Gasteiger partial charge in [0.1, 0.15) is 6.54 Å². The third-order valence-electron chi connectivity index (χ3n) is 4.24. The molecule has 2 rings (SSSR count). The zero-order valence-corrected chi connectivity index (χ0v) is 15.6. The maximum absolute atomic E-state index is 12.3. The number of nitrogens with zero attached hydrogens (tertiary/aromatic N) is 3. The Balaban J connectivity index is 1.87. The van der Waals surface area contributed by atoms with Crippen molar-refractivity contribution in [3.63, 3.8) is 0 Å². The van der Waals surface area contributed by atoms with Gasteiger partial charge >= 0.3 is 6.03 Å². The number of carbonyl (C=O) groups excluding carboxylic acids is 4. The fraction of sp³-hybridized carbons (Fsp3) is 0.412. The number of nitro benzene ring substituents is 1. The number of nitrogens with one attached hydrogen (secondary N) is 2. The van der Waals surface area contributed by atoms with Gasteiger partial charge in [-0.1, -0.05) is 0 Å². The highest BCUT2D eigenvalue weighted by Crippen LogP contribution is 2.26. The molecule has 5 amide bonds. The van der Waals surface area contributed by atoms with Crippen LogP contribution in [0.5, 0.6) is 0 Å². The average molecular weight is 391 g/mol. The molecule has 11 heteroatoms. The van der Waals surface area contributed by atoms with Crippen molar-refractivity contribution >= 4 is 29.4 Å². The van der Waals surface area contributed by atoms with E-state index in [0.717, 1.165) is 17.0 Å². The summed E-state index contributed by atoms with van der Waals surface area (Å²) in [6.07, 6.45) is 0. The van der Waals surface area contributed by atoms with Crippen molar-refractivity contribution in [2.24, 2.45) is 0 Å². The molecule has 0 spiro atoms. The van der Waals surface area contributed by atoms with Crippen molar-refractivity contribution in [1.82, 2.24) is 20.4 Å². The molecule has 11 nitrogen and oxygen atoms in total. The molecule has 1 aromatic rings. The molecular weight excluding hydrogens is 370 g/mol. The van der Waals surface area contributed by atoms with Gasteiger partial charge in [-0.2, -0.15) is 0 Å². The summed E-state index contributed by atoms with van der Waals surface area (Å²) in [6, 6.07) is 3.11. The summed E-state index contributed by atoms with van der Waals surface area (Å²) in [5, 5.41) is 16.0. The minimum absolute atomic E-state index is 0.0230. The highest BCUT2D eigenvalue weighted by Gasteiger charge is 2.37. The maximum Gasteiger partial charge on any atom is 0.317 e. The third kappa shape index (κ3) is 4.42. The summed E-state index contributed by atoms with van der Waals surface area (Å²) in [5.41, 5.74) is -0.386. The van der Waals surface area contributed by atoms with Gasteiger partial charge in [0.25, 0.3) is 17.5 Å². The number of fused-ring (bicyclic) bond motifs is 1. The molecule has 0 radical (unpaired) electrons. The topological polar surface area (TPSA) is 142 Å². The van der Waals surface area contributed by atoms with E-state index in [-0.39, 0.29) is 35.9 Å². The number of non-ortho nitro benzene ring substituents is 1. The minimum Gasteiger partial charge on any atom is -0.353 e. The van der Waals surface area contributed by atoms with Gasteiger partial charge in [-0.3, -0.25) is 29.4 Å². The Kier molecular flexibility index (Phi) is 6.64. The zero-order valence-electron chi connectivity index (χ0n) is 15.6. The Bertz CT molecular complexity index is 820. The molecule has 2 N–H and O–H groups in total. The lowest BCUT2D eigenvalue weighted by Gasteiger charge is -2.19. The number of nitro groups is 1. The lowest BCUT2D eigenvalue weighted by molar-refractivity contribution is -0.384. The van der Waals surface area contributed by atoms with Crippen LogP contribution in [0.4, 0.5) is 10.5 Å². The quantitative estimate of drug-likeness (QED) is 0.284. The van der Waals surface area contributed by atoms with Crippen LogP contribution in [0.2, 0.25) is 0 Å². The Morgan fingerprint density at radius 1 is 1.07 bits per heavy atom. The van der Waals surface area contributed by atoms with Crippen molar-refractivity contribution < 1.29 is 24.1 Å². The van der Waals surface area contributed by atoms with Crippen molar-refractivity contribution in [2.75, 3.05) is 32.7 Å². The molecule has 0 saturated carbocycles. The summed E-state index contributed by atoms with van der Waals surface area (Å²) in [7, 11) is 0. The fourth-order valence-corrected chi connectivity index (χ4v) is 2.73. The molecule has 0 aliphatic carbocycles. The van der Waals surface area contributed by atoms with Crippen molar-refractivity contribution in [2.45, 2.75) is 13.8 Å². The summed E-state index contributed by atoms with van der Waals surface area (Å²) in [4.78, 5) is 60.9. The smallest absolute Gasteiger partial charge is 0.317 e. The van der Waals surface area contributed by atoms with Crippen LogP contribution >= 0.6 is 0 Å². The number of hydrogen-bond acceptors (Lipinski definition) is 6. The van der Waals surface area contributed by atoms with Crippen molar-refractivity contribution in [3.05, 3.63) is 39.4 Å². The fourth-order valence-electron chi connectivity index (χ4n) is 2.73. The second-order valence-corrected chi connectivity index (χ2v) is 5.94. The molecule has 0 aromatic heterocycles. The standard InChI is InChI=1S/C17H21N5O6/c1-3-20(4-2)17(26)19-8-7-18-14(23)10-21-15(24)12-6-5-11(22(27)28)9-13(12)16(21)25/h5-6,9H,3-4,7-8,10H2,1-2H3,(H,18,23)(H,19,26). The minimum atomic E-state index is -0.756. The van der Waals surface area contributed by atoms with E-state index >= 15 is 0 Å². The molecule has 1 aliphatic heterocycles. The SMILES string of the molecule is CCN(CC)C(=O)NCCNC(=O)CN1C(=O)c2ccc([N+](=O)[O-])cc2C1=O. The second-order valence-electron chi connectivity index (χ2n) is 5.94. The van der Waals surface area contributed by atoms with E-state index in [1.807, 2.05) is 13.8 Å². The van der Waals surface area contributed by atoms with Gasteiger partial charge < -0.3 is 15.5 Å². The van der Waals surface area contributed by atoms with Gasteiger partial charge in [-0.25, -0.2) is 4.79 Å². The average Bonchev–Trinajstić information content (AvgIpc) is 2.90. The highest BCUT2D eigenvalue weighted by atomic mass is 16.6. The summed E-state index contributed by atoms with van der Waals surface area (Å²) < 4.78 is 0. The van der Waals surface area contributed by atoms with Gasteiger partial charge in [0.2, 0.25) is 5.91 Å². The maximum atomic E-state index is 12.3. The molecule has 28 heavy (non-hydrogen) atoms. The molecule has 1 heterocycles. The predicted molar refractivity (Wildman–Crippen MR) is 97.8 cm³/mol. The lowest BCUT2D eigenvalue weighted by atomic mass is 10.1. The molecule has 0 atom stereocenters. The number of hydrogen-bond donors (Lipinski definition) is 2. The first-order valence-corrected chi connectivity index (χ1v) is 8.74. The van der Waals surface area contributed by atoms with E-state index in [9.17, 15) is 29.3 Å². The monoisotopic (exact) mass is 391 g/mol. The van der Waals surface area contributed by atoms with Crippen molar-refractivity contribution in [1.29, 1.82) is 0 Å². The molecule has 150 valence electrons. The van der Waals surface area contributed by atoms with Crippen LogP contribution in [0.1, 0.15) is 34.6 Å². The number of urea groups is 1. The number of carbonyl (C=O) groups is 4. The molecule has 1 aromatic carbocycles. The summed E-state index contributed by atoms with van der Waals surface area (Å²) in [6.45, 7) is 4.63. The van der Waals surface area contributed by atoms with E-state index in [0.29, 0.717) is 13.1 Å². The zero-order chi connectivity index (χ0) is 20.8. The van der Waals surface area contributed by atoms with Gasteiger partial charge in [0.05, 0.1) is 16.1 Å². The van der Waals surface area contributed by atoms with Crippen LogP contribution in [0, 0.1) is 10.1 Å². The van der Waals surface area contributed by atoms with E-state index < -0.39 is 29.2 Å². The molecule has 1 aliphatic rings. The second kappa shape index (κ2) is 8.93. The molecule has 0 fully saturated rings. The highest BCUT2D eigenvalue weighted by molar-refractivity contribution is 6.22. The van der Waals surface area contributed by atoms with Gasteiger partial charge in [-0.05, 0) is 19.9 Å². The lowest BCUT2D eigenvalue weighted by Crippen LogP contribution is -2.45. The predicted octanol–water partition coefficient (Wildman–Crippen LogP) is 0.358. The van der Waals surface area contributed by atoms with Crippen molar-refractivity contribution in [3.8, 4) is 0 Å². The summed E-state index contributed by atoms with van der Waals surface area (Å²) >= 11 is 0. The molecule has 0 bridgehead atoms. The van der Waals surface area contributed by atoms with Gasteiger partial charge in [0.15, 0.2) is 0 Å². The normalized spacial score (nSPS) is 12.6. The van der Waals surface area contributed by atoms with E-state index in [4.69, 9.17) is 0 Å². The summed E-state index contributed by atoms with van der Waals surface area (Å²) in [5.74, 6) is -2.02. The number of rotatable bonds is 8. The van der Waals surface area contributed by atoms with E-state index in [1.165, 1.54) is 6.07 Å². The van der Waals surface area contributed by atoms with Crippen LogP contribution in [-0.4, -0.2) is 71.2 Å². The van der Waals surface area contributed by atoms with Crippen LogP contribution in [0.25, 0.3) is 0 Å². The first-order valence-electron chi connectivity index (χ1n) is 8.74. The van der Waals surface area contributed by atoms with Gasteiger partial charge in [0, 0.05) is 38.3 Å². The third-order valence-corrected chi connectivity index (χ3v) is 4.24. The first kappa shape index (κ1) is 20.8. The van der Waals surface area contributed by atoms with E-state index in [2.05, 4.69) is 10.6 Å². The number of imide groups is 1. The molecule has 0 saturated heterocycles. The number of amides is 5. The van der Waals surface area contributed by atoms with Crippen LogP contribution in [-0.2, 0) is 4.79 Å². The largest absolute Gasteiger partial charge is 0.353 e. The molecular formula is C17H21N5O6. The van der Waals surface area contributed by atoms with Crippen LogP contribution in [0.15, 0.2) is 18.2 Å². The number of benzene rings is 1. The van der Waals surface area contributed by atoms with Crippen LogP contribution in [0.3, 0.4) is 0 Å². The Morgan fingerprint density at radius 3 is 2.29 bits per heavy atom. The van der Waals surface area contributed by atoms with Crippen LogP contribution < -0.4 is 10.6 Å². The Hall–Kier alpha value is -3.50. The van der Waals surface area contributed by atoms with E-state index in [1.54, 1.807) is 4.90 Å². The van der Waals surface area contributed by atoms with Gasteiger partial charge in [-0.15, -0.1) is 0 Å². The molecule has 0 unspecified atom stereocenters. The Morgan fingerprint density at radius 2 is 1.68 bits per heavy atom.